The molecule has 6 nitrogen and oxygen atoms in total. The van der Waals surface area contributed by atoms with Crippen LogP contribution in [0.1, 0.15) is 0 Å². The van der Waals surface area contributed by atoms with Crippen molar-refractivity contribution in [1.29, 1.82) is 0 Å². The van der Waals surface area contributed by atoms with Crippen molar-refractivity contribution in [1.82, 2.24) is 0 Å². The van der Waals surface area contributed by atoms with Crippen LogP contribution in [0.4, 0.5) is 0 Å². The van der Waals surface area contributed by atoms with Crippen LogP contribution in [0, 0.1) is 37.7 Å². The molecule has 1 aliphatic heterocycles. The summed E-state index contributed by atoms with van der Waals surface area (Å²) in [6.45, 7) is 1.25. The van der Waals surface area contributed by atoms with E-state index < -0.39 is 25.9 Å². The zero-order chi connectivity index (χ0) is 10.8. The van der Waals surface area contributed by atoms with Gasteiger partial charge in [0.15, 0.2) is 0 Å². The maximum Gasteiger partial charge on any atom is 0.0811 e. The van der Waals surface area contributed by atoms with Crippen molar-refractivity contribution in [3.05, 3.63) is 18.5 Å². The van der Waals surface area contributed by atoms with Gasteiger partial charge in [-0.3, -0.25) is 0 Å². The third-order valence-electron chi connectivity index (χ3n) is 1.77. The number of rotatable bonds is 3. The Bertz CT molecular complexity index is 264. The Morgan fingerprint density at radius 3 is 2.60 bits per heavy atom. The van der Waals surface area contributed by atoms with Crippen LogP contribution in [0.2, 0.25) is 0 Å². The molecule has 0 spiro atoms. The zero-order valence-corrected chi connectivity index (χ0v) is 13.0. The molecule has 8 heteroatoms. The van der Waals surface area contributed by atoms with Gasteiger partial charge in [-0.1, -0.05) is 11.9 Å². The van der Waals surface area contributed by atoms with E-state index >= 15 is 0 Å². The Hall–Kier alpha value is 0.822. The summed E-state index contributed by atoms with van der Waals surface area (Å²) in [6.07, 6.45) is -1.46. The average Bonchev–Trinajstić information content (AvgIpc) is 2.42. The van der Waals surface area contributed by atoms with E-state index in [0.717, 1.165) is 6.08 Å². The first kappa shape index (κ1) is 15.8. The van der Waals surface area contributed by atoms with E-state index in [9.17, 15) is 19.5 Å². The van der Waals surface area contributed by atoms with Crippen molar-refractivity contribution >= 4 is 7.60 Å². The first-order valence-electron chi connectivity index (χ1n) is 3.85. The molecule has 1 fully saturated rings. The summed E-state index contributed by atoms with van der Waals surface area (Å²) in [6, 6.07) is 0. The molecule has 0 aliphatic carbocycles. The van der Waals surface area contributed by atoms with E-state index in [1.807, 2.05) is 0 Å². The molecule has 0 radical (unpaired) electrons. The predicted molar refractivity (Wildman–Crippen MR) is 42.7 cm³/mol. The Morgan fingerprint density at radius 2 is 2.20 bits per heavy atom. The Balaban J connectivity index is 0.00000196. The fourth-order valence-corrected chi connectivity index (χ4v) is 1.44. The molecule has 0 bridgehead atoms. The van der Waals surface area contributed by atoms with Gasteiger partial charge in [0, 0.05) is 38.2 Å². The van der Waals surface area contributed by atoms with E-state index in [1.165, 1.54) is 13.7 Å². The number of ether oxygens (including phenoxy) is 2. The van der Waals surface area contributed by atoms with Crippen LogP contribution in [0.15, 0.2) is 11.9 Å². The Morgan fingerprint density at radius 1 is 1.60 bits per heavy atom. The van der Waals surface area contributed by atoms with E-state index in [-0.39, 0.29) is 31.1 Å². The number of hydrogen-bond acceptors (Lipinski definition) is 6. The van der Waals surface area contributed by atoms with Gasteiger partial charge in [0.25, 0.3) is 0 Å². The minimum absolute atomic E-state index is 0. The van der Waals surface area contributed by atoms with Gasteiger partial charge in [-0.15, -0.1) is 0 Å². The molecule has 0 aromatic heterocycles. The van der Waals surface area contributed by atoms with Crippen LogP contribution in [-0.4, -0.2) is 30.5 Å². The molecule has 0 aromatic rings. The van der Waals surface area contributed by atoms with E-state index in [4.69, 9.17) is 9.47 Å². The Labute approximate surface area is 111 Å². The van der Waals surface area contributed by atoms with Crippen LogP contribution in [0.5, 0.6) is 0 Å². The van der Waals surface area contributed by atoms with Gasteiger partial charge in [0.1, 0.15) is 0 Å². The molecule has 0 aromatic carbocycles. The molecule has 86 valence electrons. The smallest absolute Gasteiger partial charge is 0.0811 e. The molecule has 1 rings (SSSR count). The molecule has 0 saturated carbocycles. The summed E-state index contributed by atoms with van der Waals surface area (Å²) in [5, 5.41) is 9.42. The molecule has 1 aliphatic rings. The average molecular weight is 459 g/mol. The van der Waals surface area contributed by atoms with E-state index in [1.54, 1.807) is 0 Å². The largest absolute Gasteiger partial charge is 0.808 e. The van der Waals surface area contributed by atoms with Gasteiger partial charge >= 0.3 is 0 Å². The second kappa shape index (κ2) is 6.53. The van der Waals surface area contributed by atoms with Gasteiger partial charge in [-0.25, -0.2) is 0 Å². The van der Waals surface area contributed by atoms with Crippen molar-refractivity contribution < 1.29 is 60.0 Å². The number of aliphatic hydroxyl groups is 1. The standard InChI is InChI=1S/C7H12O6P.U/c1-12-6-4-13-5(7(6)8)2-3-14(9,10)11;/h2-8H,1H3,(H2,9,10,11);/q-1;/p-2/b3-2-;/t5-,6?,7?;/m1./s1. The fourth-order valence-electron chi connectivity index (χ4n) is 1.06. The number of hydrogen-bond donors (Lipinski definition) is 1. The number of methoxy groups -OCH3 is 1. The SMILES string of the molecule is COC1[CH-]O[C@H](/C=C\P(=O)([O-])[O-])C1O.[U]. The predicted octanol–water partition coefficient (Wildman–Crippen LogP) is -1.65. The van der Waals surface area contributed by atoms with E-state index in [2.05, 4.69) is 0 Å². The van der Waals surface area contributed by atoms with Crippen LogP contribution in [-0.2, 0) is 14.0 Å². The number of aliphatic hydroxyl groups excluding tert-OH is 1. The quantitative estimate of drug-likeness (QED) is 0.401. The minimum atomic E-state index is -4.70. The maximum atomic E-state index is 10.3. The first-order chi connectivity index (χ1) is 6.44. The third-order valence-corrected chi connectivity index (χ3v) is 2.31. The molecule has 3 atom stereocenters. The van der Waals surface area contributed by atoms with Crippen molar-refractivity contribution in [2.24, 2.45) is 0 Å². The molecule has 1 saturated heterocycles. The maximum absolute atomic E-state index is 10.3. The van der Waals surface area contributed by atoms with Gasteiger partial charge in [0.2, 0.25) is 0 Å². The summed E-state index contributed by atoms with van der Waals surface area (Å²) in [5.41, 5.74) is 0. The first-order valence-corrected chi connectivity index (χ1v) is 5.46. The zero-order valence-electron chi connectivity index (χ0n) is 7.90. The summed E-state index contributed by atoms with van der Waals surface area (Å²) in [7, 11) is -3.32. The summed E-state index contributed by atoms with van der Waals surface area (Å²) < 4.78 is 19.9. The summed E-state index contributed by atoms with van der Waals surface area (Å²) >= 11 is 0. The second-order valence-electron chi connectivity index (χ2n) is 2.81. The topological polar surface area (TPSA) is 102 Å². The molecular formula is C7H10O6PU-3. The molecule has 2 unspecified atom stereocenters. The molecule has 1 heterocycles. The third kappa shape index (κ3) is 5.12. The second-order valence-corrected chi connectivity index (χ2v) is 4.19. The van der Waals surface area contributed by atoms with Crippen LogP contribution < -0.4 is 9.79 Å². The van der Waals surface area contributed by atoms with Crippen molar-refractivity contribution in [2.45, 2.75) is 18.3 Å². The molecular weight excluding hydrogens is 449 g/mol. The minimum Gasteiger partial charge on any atom is -0.808 e. The normalized spacial score (nSPS) is 31.9. The molecule has 15 heavy (non-hydrogen) atoms. The van der Waals surface area contributed by atoms with Crippen LogP contribution in [0.25, 0.3) is 0 Å². The summed E-state index contributed by atoms with van der Waals surface area (Å²) in [5.74, 6) is 0.479. The van der Waals surface area contributed by atoms with Crippen molar-refractivity contribution in [3.63, 3.8) is 0 Å². The van der Waals surface area contributed by atoms with Crippen LogP contribution >= 0.6 is 7.60 Å². The van der Waals surface area contributed by atoms with Gasteiger partial charge in [0.05, 0.1) is 12.2 Å². The van der Waals surface area contributed by atoms with Crippen LogP contribution in [0.3, 0.4) is 0 Å². The summed E-state index contributed by atoms with van der Waals surface area (Å²) in [4.78, 5) is 20.5. The monoisotopic (exact) mass is 459 g/mol. The van der Waals surface area contributed by atoms with Gasteiger partial charge in [-0.05, 0) is 13.7 Å². The molecule has 1 N–H and O–H groups in total. The van der Waals surface area contributed by atoms with Crippen molar-refractivity contribution in [3.8, 4) is 0 Å². The fraction of sp³-hybridized carbons (Fsp3) is 0.571. The Kier molecular flexibility index (Phi) is 6.89. The van der Waals surface area contributed by atoms with Crippen molar-refractivity contribution in [2.75, 3.05) is 7.11 Å². The van der Waals surface area contributed by atoms with E-state index in [0.29, 0.717) is 5.82 Å². The van der Waals surface area contributed by atoms with Gasteiger partial charge in [-0.2, -0.15) is 6.61 Å². The molecule has 0 amide bonds. The van der Waals surface area contributed by atoms with Gasteiger partial charge < -0.3 is 28.9 Å².